The van der Waals surface area contributed by atoms with Crippen molar-refractivity contribution in [2.45, 2.75) is 26.2 Å². The maximum Gasteiger partial charge on any atom is 0.299 e. The van der Waals surface area contributed by atoms with E-state index >= 15 is 0 Å². The zero-order chi connectivity index (χ0) is 24.6. The summed E-state index contributed by atoms with van der Waals surface area (Å²) in [5.41, 5.74) is 6.77. The Kier molecular flexibility index (Phi) is 5.48. The Bertz CT molecular complexity index is 1580. The van der Waals surface area contributed by atoms with Crippen molar-refractivity contribution >= 4 is 17.2 Å². The lowest BCUT2D eigenvalue weighted by molar-refractivity contribution is 0.478. The van der Waals surface area contributed by atoms with Gasteiger partial charge in [0.25, 0.3) is 5.56 Å². The number of fused-ring (bicyclic) bond motifs is 1. The van der Waals surface area contributed by atoms with E-state index in [1.165, 1.54) is 15.8 Å². The molecular formula is C28H26N6O2. The summed E-state index contributed by atoms with van der Waals surface area (Å²) in [6, 6.07) is 19.3. The van der Waals surface area contributed by atoms with Crippen LogP contribution in [0.4, 0.5) is 11.4 Å². The molecule has 3 aromatic carbocycles. The Morgan fingerprint density at radius 2 is 1.78 bits per heavy atom. The molecular weight excluding hydrogens is 452 g/mol. The van der Waals surface area contributed by atoms with Gasteiger partial charge in [-0.25, -0.2) is 4.68 Å². The summed E-state index contributed by atoms with van der Waals surface area (Å²) in [6.45, 7) is 3.43. The number of nitrogens with zero attached hydrogens (tertiary/aromatic N) is 4. The number of rotatable bonds is 5. The van der Waals surface area contributed by atoms with Gasteiger partial charge in [0.05, 0.1) is 17.9 Å². The molecule has 2 heterocycles. The maximum atomic E-state index is 13.1. The molecule has 1 aromatic heterocycles. The first kappa shape index (κ1) is 22.0. The van der Waals surface area contributed by atoms with Crippen molar-refractivity contribution in [3.8, 4) is 22.6 Å². The van der Waals surface area contributed by atoms with Crippen LogP contribution in [0.25, 0.3) is 16.8 Å². The van der Waals surface area contributed by atoms with Crippen LogP contribution in [0.3, 0.4) is 0 Å². The molecule has 0 saturated heterocycles. The van der Waals surface area contributed by atoms with E-state index in [4.69, 9.17) is 0 Å². The van der Waals surface area contributed by atoms with Crippen LogP contribution in [0.15, 0.2) is 80.7 Å². The number of para-hydroxylation sites is 1. The van der Waals surface area contributed by atoms with Gasteiger partial charge >= 0.3 is 0 Å². The van der Waals surface area contributed by atoms with Crippen LogP contribution in [-0.4, -0.2) is 33.8 Å². The number of H-pyrrole nitrogens is 1. The topological polar surface area (TPSA) is 107 Å². The van der Waals surface area contributed by atoms with E-state index in [2.05, 4.69) is 37.8 Å². The van der Waals surface area contributed by atoms with Gasteiger partial charge in [0.1, 0.15) is 11.5 Å². The molecule has 4 aromatic rings. The first-order valence-corrected chi connectivity index (χ1v) is 12.1. The van der Waals surface area contributed by atoms with Gasteiger partial charge in [-0.05, 0) is 61.1 Å². The summed E-state index contributed by atoms with van der Waals surface area (Å²) in [4.78, 5) is 17.6. The number of aliphatic imine (C=N–C) groups is 1. The number of aromatic nitrogens is 2. The summed E-state index contributed by atoms with van der Waals surface area (Å²) in [5, 5.41) is 25.8. The molecule has 36 heavy (non-hydrogen) atoms. The lowest BCUT2D eigenvalue weighted by Crippen LogP contribution is -2.19. The summed E-state index contributed by atoms with van der Waals surface area (Å²) < 4.78 is 1.50. The zero-order valence-corrected chi connectivity index (χ0v) is 20.0. The van der Waals surface area contributed by atoms with Crippen LogP contribution >= 0.6 is 0 Å². The molecule has 0 unspecified atom stereocenters. The predicted molar refractivity (Wildman–Crippen MR) is 140 cm³/mol. The third-order valence-corrected chi connectivity index (χ3v) is 6.80. The molecule has 2 aliphatic rings. The van der Waals surface area contributed by atoms with E-state index in [1.54, 1.807) is 13.0 Å². The molecule has 0 saturated carbocycles. The van der Waals surface area contributed by atoms with Gasteiger partial charge in [-0.3, -0.25) is 14.9 Å². The fourth-order valence-corrected chi connectivity index (χ4v) is 4.88. The average Bonchev–Trinajstić information content (AvgIpc) is 3.65. The number of benzene rings is 3. The summed E-state index contributed by atoms with van der Waals surface area (Å²) in [7, 11) is 0. The van der Waals surface area contributed by atoms with E-state index in [1.807, 2.05) is 42.5 Å². The first-order chi connectivity index (χ1) is 17.6. The second-order valence-electron chi connectivity index (χ2n) is 9.14. The van der Waals surface area contributed by atoms with Gasteiger partial charge in [0.15, 0.2) is 11.4 Å². The molecule has 6 rings (SSSR count). The third kappa shape index (κ3) is 3.90. The quantitative estimate of drug-likeness (QED) is 0.347. The molecule has 0 bridgehead atoms. The number of hydrogen-bond acceptors (Lipinski definition) is 6. The van der Waals surface area contributed by atoms with Gasteiger partial charge in [0.2, 0.25) is 0 Å². The minimum atomic E-state index is -0.274. The van der Waals surface area contributed by atoms with Crippen LogP contribution in [0.1, 0.15) is 28.8 Å². The van der Waals surface area contributed by atoms with E-state index in [9.17, 15) is 9.90 Å². The zero-order valence-electron chi connectivity index (χ0n) is 20.0. The number of aromatic amines is 1. The third-order valence-electron chi connectivity index (χ3n) is 6.80. The fourth-order valence-electron chi connectivity index (χ4n) is 4.88. The molecule has 8 heteroatoms. The van der Waals surface area contributed by atoms with Crippen molar-refractivity contribution < 1.29 is 5.11 Å². The number of nitrogens with one attached hydrogen (secondary N) is 2. The first-order valence-electron chi connectivity index (χ1n) is 12.1. The van der Waals surface area contributed by atoms with Crippen LogP contribution in [-0.2, 0) is 12.8 Å². The van der Waals surface area contributed by atoms with Crippen LogP contribution in [0, 0.1) is 6.92 Å². The summed E-state index contributed by atoms with van der Waals surface area (Å²) >= 11 is 0. The van der Waals surface area contributed by atoms with Gasteiger partial charge in [-0.15, -0.1) is 10.2 Å². The Morgan fingerprint density at radius 3 is 2.58 bits per heavy atom. The molecule has 0 spiro atoms. The highest BCUT2D eigenvalue weighted by molar-refractivity contribution is 6.00. The molecule has 1 aliphatic heterocycles. The lowest BCUT2D eigenvalue weighted by Gasteiger charge is -2.08. The molecule has 0 amide bonds. The summed E-state index contributed by atoms with van der Waals surface area (Å²) in [5.74, 6) is 0.901. The minimum Gasteiger partial charge on any atom is -0.505 e. The van der Waals surface area contributed by atoms with E-state index in [0.29, 0.717) is 16.9 Å². The smallest absolute Gasteiger partial charge is 0.299 e. The van der Waals surface area contributed by atoms with Crippen LogP contribution < -0.4 is 10.9 Å². The highest BCUT2D eigenvalue weighted by Gasteiger charge is 2.17. The fraction of sp³-hybridized carbons (Fsp3) is 0.214. The highest BCUT2D eigenvalue weighted by Crippen LogP contribution is 2.38. The van der Waals surface area contributed by atoms with E-state index < -0.39 is 0 Å². The molecule has 1 aliphatic carbocycles. The summed E-state index contributed by atoms with van der Waals surface area (Å²) in [6.07, 6.45) is 3.28. The second kappa shape index (κ2) is 8.96. The molecule has 0 fully saturated rings. The van der Waals surface area contributed by atoms with Crippen molar-refractivity contribution in [1.82, 2.24) is 15.1 Å². The van der Waals surface area contributed by atoms with Crippen molar-refractivity contribution in [3.63, 3.8) is 0 Å². The molecule has 180 valence electrons. The van der Waals surface area contributed by atoms with E-state index in [-0.39, 0.29) is 17.0 Å². The largest absolute Gasteiger partial charge is 0.505 e. The number of hydrogen-bond donors (Lipinski definition) is 3. The number of aromatic hydroxyl groups is 1. The van der Waals surface area contributed by atoms with Gasteiger partial charge in [-0.1, -0.05) is 42.5 Å². The Balaban J connectivity index is 1.29. The molecule has 0 atom stereocenters. The van der Waals surface area contributed by atoms with Gasteiger partial charge in [0, 0.05) is 17.7 Å². The highest BCUT2D eigenvalue weighted by atomic mass is 16.3. The number of aryl methyl sites for hydroxylation is 3. The van der Waals surface area contributed by atoms with Crippen LogP contribution in [0.2, 0.25) is 0 Å². The molecule has 3 N–H and O–H groups in total. The van der Waals surface area contributed by atoms with Crippen molar-refractivity contribution in [2.24, 2.45) is 15.2 Å². The number of azo groups is 1. The van der Waals surface area contributed by atoms with Crippen molar-refractivity contribution in [3.05, 3.63) is 93.4 Å². The standard InChI is InChI=1S/C28H26N6O2/c1-17-25(28(36)34(33-17)22-13-12-18-4-2-5-21(18)16-22)32-31-24-7-3-6-23(26(24)35)19-8-10-20(11-9-19)27-29-14-15-30-27/h3,6-13,16,33,35H,2,4-5,14-15H2,1H3,(H,29,30). The lowest BCUT2D eigenvalue weighted by atomic mass is 10.0. The molecule has 8 nitrogen and oxygen atoms in total. The predicted octanol–water partition coefficient (Wildman–Crippen LogP) is 5.10. The van der Waals surface area contributed by atoms with Crippen LogP contribution in [0.5, 0.6) is 5.75 Å². The maximum absolute atomic E-state index is 13.1. The number of amidine groups is 1. The van der Waals surface area contributed by atoms with Crippen molar-refractivity contribution in [1.29, 1.82) is 0 Å². The Morgan fingerprint density at radius 1 is 0.972 bits per heavy atom. The Hall–Kier alpha value is -4.46. The van der Waals surface area contributed by atoms with Crippen molar-refractivity contribution in [2.75, 3.05) is 13.1 Å². The Labute approximate surface area is 208 Å². The van der Waals surface area contributed by atoms with Gasteiger partial charge in [-0.2, -0.15) is 0 Å². The minimum absolute atomic E-state index is 0.0115. The number of phenols is 1. The van der Waals surface area contributed by atoms with E-state index in [0.717, 1.165) is 55.0 Å². The molecule has 0 radical (unpaired) electrons. The normalized spacial score (nSPS) is 14.8. The SMILES string of the molecule is Cc1[nH]n(-c2ccc3c(c2)CCC3)c(=O)c1N=Nc1cccc(-c2ccc(C3=NCCN3)cc2)c1O. The second-order valence-corrected chi connectivity index (χ2v) is 9.14. The number of phenolic OH excluding ortho intramolecular Hbond substituents is 1. The average molecular weight is 479 g/mol. The van der Waals surface area contributed by atoms with Gasteiger partial charge < -0.3 is 10.4 Å². The monoisotopic (exact) mass is 478 g/mol.